The number of halogens is 1. The molecule has 4 nitrogen and oxygen atoms in total. The molecule has 0 unspecified atom stereocenters. The molecule has 0 fully saturated rings. The fourth-order valence-electron chi connectivity index (χ4n) is 2.29. The van der Waals surface area contributed by atoms with E-state index in [1.807, 2.05) is 41.8 Å². The van der Waals surface area contributed by atoms with Crippen LogP contribution in [0.1, 0.15) is 10.4 Å². The van der Waals surface area contributed by atoms with Crippen LogP contribution in [0, 0.1) is 5.82 Å². The largest absolute Gasteiger partial charge is 0.489 e. The lowest BCUT2D eigenvalue weighted by molar-refractivity contribution is -0.119. The molecular weight excluding hydrogens is 351 g/mol. The average molecular weight is 370 g/mol. The fraction of sp³-hybridized carbons (Fsp3) is 0.150. The van der Waals surface area contributed by atoms with Crippen molar-refractivity contribution in [3.8, 4) is 5.75 Å². The van der Waals surface area contributed by atoms with E-state index >= 15 is 0 Å². The molecule has 1 aromatic heterocycles. The van der Waals surface area contributed by atoms with Crippen LogP contribution in [0.4, 0.5) is 10.1 Å². The van der Waals surface area contributed by atoms with E-state index in [9.17, 15) is 9.18 Å². The van der Waals surface area contributed by atoms with Gasteiger partial charge >= 0.3 is 0 Å². The first-order valence-corrected chi connectivity index (χ1v) is 9.07. The van der Waals surface area contributed by atoms with Crippen molar-refractivity contribution in [3.05, 3.63) is 82.3 Å². The molecule has 6 heteroatoms. The number of carbonyl (C=O) groups excluding carboxylic acids is 1. The Morgan fingerprint density at radius 2 is 1.92 bits per heavy atom. The molecule has 0 radical (unpaired) electrons. The maximum atomic E-state index is 12.9. The van der Waals surface area contributed by atoms with E-state index in [4.69, 9.17) is 4.74 Å². The van der Waals surface area contributed by atoms with Crippen LogP contribution in [0.5, 0.6) is 5.75 Å². The van der Waals surface area contributed by atoms with Gasteiger partial charge in [-0.2, -0.15) is 0 Å². The van der Waals surface area contributed by atoms with Gasteiger partial charge in [-0.3, -0.25) is 4.79 Å². The third-order valence-electron chi connectivity index (χ3n) is 3.65. The summed E-state index contributed by atoms with van der Waals surface area (Å²) < 4.78 is 18.6. The Morgan fingerprint density at radius 3 is 2.69 bits per heavy atom. The van der Waals surface area contributed by atoms with Crippen LogP contribution >= 0.6 is 11.3 Å². The molecule has 0 aliphatic rings. The van der Waals surface area contributed by atoms with Gasteiger partial charge in [0, 0.05) is 16.6 Å². The van der Waals surface area contributed by atoms with Crippen LogP contribution in [-0.2, 0) is 17.9 Å². The number of anilines is 1. The Morgan fingerprint density at radius 1 is 1.08 bits per heavy atom. The van der Waals surface area contributed by atoms with Gasteiger partial charge in [-0.05, 0) is 41.3 Å². The maximum absolute atomic E-state index is 12.9. The molecule has 0 atom stereocenters. The molecule has 0 spiro atoms. The highest BCUT2D eigenvalue weighted by Gasteiger charge is 2.03. The van der Waals surface area contributed by atoms with E-state index in [1.54, 1.807) is 23.5 Å². The van der Waals surface area contributed by atoms with Crippen molar-refractivity contribution in [2.75, 3.05) is 11.9 Å². The second-order valence-electron chi connectivity index (χ2n) is 5.65. The smallest absolute Gasteiger partial charge is 0.239 e. The quantitative estimate of drug-likeness (QED) is 0.625. The maximum Gasteiger partial charge on any atom is 0.239 e. The molecule has 3 aromatic rings. The van der Waals surface area contributed by atoms with Gasteiger partial charge in [-0.1, -0.05) is 24.3 Å². The van der Waals surface area contributed by atoms with Crippen LogP contribution in [0.25, 0.3) is 0 Å². The third-order valence-corrected chi connectivity index (χ3v) is 4.52. The first-order chi connectivity index (χ1) is 12.7. The topological polar surface area (TPSA) is 50.4 Å². The highest BCUT2D eigenvalue weighted by Crippen LogP contribution is 2.18. The second kappa shape index (κ2) is 9.01. The predicted molar refractivity (Wildman–Crippen MR) is 102 cm³/mol. The summed E-state index contributed by atoms with van der Waals surface area (Å²) in [6, 6.07) is 17.5. The lowest BCUT2D eigenvalue weighted by atomic mass is 10.2. The molecular formula is C20H19FN2O2S. The number of nitrogens with one attached hydrogen (secondary N) is 2. The number of rotatable bonds is 8. The number of ether oxygens (including phenoxy) is 1. The number of benzene rings is 2. The summed E-state index contributed by atoms with van der Waals surface area (Å²) in [6.45, 7) is 1.08. The van der Waals surface area contributed by atoms with E-state index in [1.165, 1.54) is 12.1 Å². The first kappa shape index (κ1) is 17.9. The van der Waals surface area contributed by atoms with Crippen molar-refractivity contribution in [2.45, 2.75) is 13.2 Å². The number of hydrogen-bond acceptors (Lipinski definition) is 4. The minimum Gasteiger partial charge on any atom is -0.489 e. The molecule has 0 saturated carbocycles. The van der Waals surface area contributed by atoms with Crippen molar-refractivity contribution in [1.82, 2.24) is 5.32 Å². The highest BCUT2D eigenvalue weighted by molar-refractivity contribution is 7.09. The first-order valence-electron chi connectivity index (χ1n) is 8.19. The Hall–Kier alpha value is -2.86. The summed E-state index contributed by atoms with van der Waals surface area (Å²) in [6.07, 6.45) is 0. The number of carbonyl (C=O) groups is 1. The molecule has 3 rings (SSSR count). The van der Waals surface area contributed by atoms with Gasteiger partial charge < -0.3 is 15.4 Å². The second-order valence-corrected chi connectivity index (χ2v) is 6.68. The van der Waals surface area contributed by atoms with Crippen LogP contribution in [0.2, 0.25) is 0 Å². The Labute approximate surface area is 155 Å². The molecule has 134 valence electrons. The van der Waals surface area contributed by atoms with Crippen molar-refractivity contribution < 1.29 is 13.9 Å². The number of amides is 1. The number of hydrogen-bond donors (Lipinski definition) is 2. The average Bonchev–Trinajstić information content (AvgIpc) is 3.18. The van der Waals surface area contributed by atoms with E-state index in [-0.39, 0.29) is 18.3 Å². The molecule has 0 bridgehead atoms. The summed E-state index contributed by atoms with van der Waals surface area (Å²) in [7, 11) is 0. The Bertz CT molecular complexity index is 835. The van der Waals surface area contributed by atoms with Crippen LogP contribution in [-0.4, -0.2) is 12.5 Å². The summed E-state index contributed by atoms with van der Waals surface area (Å²) in [5.74, 6) is 0.339. The van der Waals surface area contributed by atoms with Gasteiger partial charge in [0.1, 0.15) is 18.2 Å². The molecule has 1 amide bonds. The Kier molecular flexibility index (Phi) is 6.22. The molecule has 1 heterocycles. The zero-order valence-corrected chi connectivity index (χ0v) is 14.9. The van der Waals surface area contributed by atoms with Crippen molar-refractivity contribution in [3.63, 3.8) is 0 Å². The van der Waals surface area contributed by atoms with Crippen LogP contribution in [0.15, 0.2) is 66.0 Å². The van der Waals surface area contributed by atoms with Gasteiger partial charge in [-0.15, -0.1) is 11.3 Å². The summed E-state index contributed by atoms with van der Waals surface area (Å²) in [5.41, 5.74) is 1.69. The summed E-state index contributed by atoms with van der Waals surface area (Å²) in [4.78, 5) is 13.0. The lowest BCUT2D eigenvalue weighted by Crippen LogP contribution is -2.29. The predicted octanol–water partition coefficient (Wildman–Crippen LogP) is 4.19. The summed E-state index contributed by atoms with van der Waals surface area (Å²) in [5, 5.41) is 7.93. The molecule has 0 aliphatic heterocycles. The molecule has 0 aliphatic carbocycles. The van der Waals surface area contributed by atoms with E-state index < -0.39 is 0 Å². The zero-order valence-electron chi connectivity index (χ0n) is 14.1. The van der Waals surface area contributed by atoms with Gasteiger partial charge in [0.2, 0.25) is 5.91 Å². The Balaban J connectivity index is 1.45. The summed E-state index contributed by atoms with van der Waals surface area (Å²) >= 11 is 1.61. The lowest BCUT2D eigenvalue weighted by Gasteiger charge is -2.10. The standard InChI is InChI=1S/C20H19FN2O2S/c21-16-8-6-15(7-9-16)14-25-18-4-1-3-17(11-18)22-13-20(24)23-12-19-5-2-10-26-19/h1-11,22H,12-14H2,(H,23,24). The number of thiophene rings is 1. The van der Waals surface area contributed by atoms with Crippen molar-refractivity contribution >= 4 is 22.9 Å². The zero-order chi connectivity index (χ0) is 18.2. The van der Waals surface area contributed by atoms with Crippen molar-refractivity contribution in [2.24, 2.45) is 0 Å². The highest BCUT2D eigenvalue weighted by atomic mass is 32.1. The van der Waals surface area contributed by atoms with E-state index in [2.05, 4.69) is 10.6 Å². The van der Waals surface area contributed by atoms with Crippen molar-refractivity contribution in [1.29, 1.82) is 0 Å². The molecule has 26 heavy (non-hydrogen) atoms. The van der Waals surface area contributed by atoms with E-state index in [0.717, 1.165) is 16.1 Å². The minimum atomic E-state index is -0.266. The van der Waals surface area contributed by atoms with Crippen LogP contribution < -0.4 is 15.4 Å². The van der Waals surface area contributed by atoms with E-state index in [0.29, 0.717) is 18.9 Å². The molecule has 2 aromatic carbocycles. The normalized spacial score (nSPS) is 10.3. The molecule has 0 saturated heterocycles. The minimum absolute atomic E-state index is 0.0731. The van der Waals surface area contributed by atoms with Crippen LogP contribution in [0.3, 0.4) is 0 Å². The van der Waals surface area contributed by atoms with Gasteiger partial charge in [0.15, 0.2) is 0 Å². The van der Waals surface area contributed by atoms with Gasteiger partial charge in [0.05, 0.1) is 13.1 Å². The van der Waals surface area contributed by atoms with Gasteiger partial charge in [-0.25, -0.2) is 4.39 Å². The third kappa shape index (κ3) is 5.60. The molecule has 2 N–H and O–H groups in total. The fourth-order valence-corrected chi connectivity index (χ4v) is 2.93. The van der Waals surface area contributed by atoms with Gasteiger partial charge in [0.25, 0.3) is 0 Å². The monoisotopic (exact) mass is 370 g/mol. The SMILES string of the molecule is O=C(CNc1cccc(OCc2ccc(F)cc2)c1)NCc1cccs1.